The lowest BCUT2D eigenvalue weighted by Gasteiger charge is -2.11. The highest BCUT2D eigenvalue weighted by Gasteiger charge is 2.14. The lowest BCUT2D eigenvalue weighted by Crippen LogP contribution is -2.27. The Morgan fingerprint density at radius 3 is 2.77 bits per heavy atom. The number of hydrogen-bond acceptors (Lipinski definition) is 2. The number of rotatable bonds is 4. The molecule has 1 amide bonds. The summed E-state index contributed by atoms with van der Waals surface area (Å²) in [7, 11) is 0. The van der Waals surface area contributed by atoms with Crippen molar-refractivity contribution in [2.24, 2.45) is 0 Å². The third-order valence-electron chi connectivity index (χ3n) is 3.50. The van der Waals surface area contributed by atoms with Crippen molar-refractivity contribution in [3.8, 4) is 0 Å². The van der Waals surface area contributed by atoms with Crippen molar-refractivity contribution in [1.29, 1.82) is 0 Å². The van der Waals surface area contributed by atoms with Crippen LogP contribution in [0, 0.1) is 5.82 Å². The Balaban J connectivity index is 1.68. The number of benzene rings is 2. The van der Waals surface area contributed by atoms with Crippen LogP contribution < -0.4 is 5.32 Å². The molecule has 1 aromatic heterocycles. The average Bonchev–Trinajstić information content (AvgIpc) is 2.91. The molecule has 0 unspecified atom stereocenters. The first-order valence-corrected chi connectivity index (χ1v) is 7.14. The van der Waals surface area contributed by atoms with Crippen LogP contribution in [-0.4, -0.2) is 5.91 Å². The van der Waals surface area contributed by atoms with Crippen molar-refractivity contribution in [2.45, 2.75) is 19.4 Å². The van der Waals surface area contributed by atoms with Gasteiger partial charge < -0.3 is 9.73 Å². The van der Waals surface area contributed by atoms with E-state index in [4.69, 9.17) is 4.42 Å². The van der Waals surface area contributed by atoms with Crippen LogP contribution in [0.1, 0.15) is 24.3 Å². The molecular formula is C18H16FNO2. The molecule has 2 aromatic carbocycles. The van der Waals surface area contributed by atoms with Crippen LogP contribution in [0.5, 0.6) is 0 Å². The first kappa shape index (κ1) is 14.3. The van der Waals surface area contributed by atoms with E-state index in [-0.39, 0.29) is 24.2 Å². The number of nitrogens with one attached hydrogen (secondary N) is 1. The zero-order valence-corrected chi connectivity index (χ0v) is 12.2. The Labute approximate surface area is 127 Å². The molecule has 0 saturated heterocycles. The molecule has 22 heavy (non-hydrogen) atoms. The van der Waals surface area contributed by atoms with Crippen molar-refractivity contribution in [3.63, 3.8) is 0 Å². The van der Waals surface area contributed by atoms with Crippen molar-refractivity contribution in [3.05, 3.63) is 71.7 Å². The average molecular weight is 297 g/mol. The van der Waals surface area contributed by atoms with E-state index in [9.17, 15) is 9.18 Å². The van der Waals surface area contributed by atoms with Crippen molar-refractivity contribution in [2.75, 3.05) is 0 Å². The van der Waals surface area contributed by atoms with E-state index in [1.807, 2.05) is 37.3 Å². The minimum Gasteiger partial charge on any atom is -0.459 e. The number of hydrogen-bond donors (Lipinski definition) is 1. The Morgan fingerprint density at radius 1 is 1.18 bits per heavy atom. The van der Waals surface area contributed by atoms with Crippen LogP contribution in [0.3, 0.4) is 0 Å². The summed E-state index contributed by atoms with van der Waals surface area (Å²) in [5.74, 6) is 0.197. The van der Waals surface area contributed by atoms with Gasteiger partial charge in [-0.05, 0) is 36.8 Å². The highest BCUT2D eigenvalue weighted by atomic mass is 19.1. The van der Waals surface area contributed by atoms with E-state index >= 15 is 0 Å². The van der Waals surface area contributed by atoms with E-state index < -0.39 is 0 Å². The largest absolute Gasteiger partial charge is 0.459 e. The van der Waals surface area contributed by atoms with Crippen LogP contribution in [0.25, 0.3) is 11.0 Å². The van der Waals surface area contributed by atoms with Gasteiger partial charge >= 0.3 is 0 Å². The molecule has 0 bridgehead atoms. The number of amides is 1. The van der Waals surface area contributed by atoms with E-state index in [0.717, 1.165) is 11.0 Å². The second kappa shape index (κ2) is 6.02. The molecule has 1 atom stereocenters. The predicted octanol–water partition coefficient (Wildman–Crippen LogP) is 3.99. The van der Waals surface area contributed by atoms with Crippen molar-refractivity contribution in [1.82, 2.24) is 5.32 Å². The molecule has 4 heteroatoms. The minimum absolute atomic E-state index is 0.141. The number of fused-ring (bicyclic) bond motifs is 1. The van der Waals surface area contributed by atoms with Crippen LogP contribution in [0.4, 0.5) is 4.39 Å². The van der Waals surface area contributed by atoms with Gasteiger partial charge in [0.05, 0.1) is 12.5 Å². The number of carbonyl (C=O) groups is 1. The van der Waals surface area contributed by atoms with Gasteiger partial charge in [-0.15, -0.1) is 0 Å². The predicted molar refractivity (Wildman–Crippen MR) is 82.9 cm³/mol. The number of carbonyl (C=O) groups excluding carboxylic acids is 1. The Hall–Kier alpha value is -2.62. The topological polar surface area (TPSA) is 42.2 Å². The molecule has 3 rings (SSSR count). The van der Waals surface area contributed by atoms with Gasteiger partial charge in [-0.25, -0.2) is 4.39 Å². The van der Waals surface area contributed by atoms with Gasteiger partial charge in [0, 0.05) is 5.39 Å². The first-order chi connectivity index (χ1) is 10.6. The van der Waals surface area contributed by atoms with Crippen molar-refractivity contribution < 1.29 is 13.6 Å². The molecule has 3 nitrogen and oxygen atoms in total. The molecule has 3 aromatic rings. The van der Waals surface area contributed by atoms with E-state index in [0.29, 0.717) is 11.3 Å². The van der Waals surface area contributed by atoms with Crippen LogP contribution in [-0.2, 0) is 11.2 Å². The Kier molecular flexibility index (Phi) is 3.92. The summed E-state index contributed by atoms with van der Waals surface area (Å²) in [5, 5.41) is 3.87. The zero-order valence-electron chi connectivity index (χ0n) is 12.2. The summed E-state index contributed by atoms with van der Waals surface area (Å²) in [4.78, 5) is 12.0. The number of para-hydroxylation sites is 1. The van der Waals surface area contributed by atoms with E-state index in [1.165, 1.54) is 12.1 Å². The monoisotopic (exact) mass is 297 g/mol. The molecule has 0 saturated carbocycles. The van der Waals surface area contributed by atoms with Gasteiger partial charge in [-0.1, -0.05) is 30.3 Å². The molecule has 1 heterocycles. The highest BCUT2D eigenvalue weighted by molar-refractivity contribution is 5.80. The van der Waals surface area contributed by atoms with Gasteiger partial charge in [0.2, 0.25) is 5.91 Å². The number of halogens is 1. The highest BCUT2D eigenvalue weighted by Crippen LogP contribution is 2.23. The van der Waals surface area contributed by atoms with Gasteiger partial charge in [0.1, 0.15) is 17.2 Å². The molecule has 0 spiro atoms. The third-order valence-corrected chi connectivity index (χ3v) is 3.50. The fourth-order valence-corrected chi connectivity index (χ4v) is 2.41. The summed E-state index contributed by atoms with van der Waals surface area (Å²) >= 11 is 0. The molecular weight excluding hydrogens is 281 g/mol. The summed E-state index contributed by atoms with van der Waals surface area (Å²) in [6.07, 6.45) is 0.141. The first-order valence-electron chi connectivity index (χ1n) is 7.14. The number of furan rings is 1. The summed E-state index contributed by atoms with van der Waals surface area (Å²) < 4.78 is 18.8. The van der Waals surface area contributed by atoms with E-state index in [2.05, 4.69) is 5.32 Å². The normalized spacial score (nSPS) is 12.3. The standard InChI is InChI=1S/C18H16FNO2/c1-12(17-11-14-6-2-3-8-16(14)22-17)20-18(21)10-13-5-4-7-15(19)9-13/h2-9,11-12H,10H2,1H3,(H,20,21)/t12-/m0/s1. The smallest absolute Gasteiger partial charge is 0.225 e. The molecule has 0 aliphatic carbocycles. The second-order valence-electron chi connectivity index (χ2n) is 5.28. The third kappa shape index (κ3) is 3.17. The molecule has 0 radical (unpaired) electrons. The quantitative estimate of drug-likeness (QED) is 0.791. The maximum absolute atomic E-state index is 13.1. The molecule has 0 aliphatic heterocycles. The fraction of sp³-hybridized carbons (Fsp3) is 0.167. The SMILES string of the molecule is C[C@H](NC(=O)Cc1cccc(F)c1)c1cc2ccccc2o1. The maximum atomic E-state index is 13.1. The summed E-state index contributed by atoms with van der Waals surface area (Å²) in [5.41, 5.74) is 1.44. The summed E-state index contributed by atoms with van der Waals surface area (Å²) in [6, 6.07) is 15.4. The van der Waals surface area contributed by atoms with E-state index in [1.54, 1.807) is 12.1 Å². The maximum Gasteiger partial charge on any atom is 0.225 e. The minimum atomic E-state index is -0.337. The lowest BCUT2D eigenvalue weighted by atomic mass is 10.1. The van der Waals surface area contributed by atoms with Gasteiger partial charge in [-0.2, -0.15) is 0 Å². The van der Waals surface area contributed by atoms with Crippen LogP contribution in [0.15, 0.2) is 59.0 Å². The van der Waals surface area contributed by atoms with Crippen LogP contribution in [0.2, 0.25) is 0 Å². The molecule has 0 fully saturated rings. The van der Waals surface area contributed by atoms with Crippen molar-refractivity contribution >= 4 is 16.9 Å². The molecule has 1 N–H and O–H groups in total. The Bertz CT molecular complexity index is 776. The van der Waals surface area contributed by atoms with Gasteiger partial charge in [-0.3, -0.25) is 4.79 Å². The van der Waals surface area contributed by atoms with Gasteiger partial charge in [0.15, 0.2) is 0 Å². The Morgan fingerprint density at radius 2 is 2.00 bits per heavy atom. The van der Waals surface area contributed by atoms with Gasteiger partial charge in [0.25, 0.3) is 0 Å². The fourth-order valence-electron chi connectivity index (χ4n) is 2.41. The zero-order chi connectivity index (χ0) is 15.5. The second-order valence-corrected chi connectivity index (χ2v) is 5.28. The van der Waals surface area contributed by atoms with Crippen LogP contribution >= 0.6 is 0 Å². The molecule has 112 valence electrons. The molecule has 0 aliphatic rings. The lowest BCUT2D eigenvalue weighted by molar-refractivity contribution is -0.121. The summed E-state index contributed by atoms with van der Waals surface area (Å²) in [6.45, 7) is 1.86.